The number of hydrogen-bond donors (Lipinski definition) is 2. The summed E-state index contributed by atoms with van der Waals surface area (Å²) < 4.78 is 7.02. The number of fused-ring (bicyclic) bond motifs is 4. The molecule has 1 aliphatic heterocycles. The number of hydrogen-bond acceptors (Lipinski definition) is 4. The van der Waals surface area contributed by atoms with Crippen LogP contribution in [0.15, 0.2) is 12.2 Å². The van der Waals surface area contributed by atoms with Crippen LogP contribution in [0.3, 0.4) is 0 Å². The van der Waals surface area contributed by atoms with E-state index in [9.17, 15) is 15.0 Å². The molecule has 1 saturated heterocycles. The summed E-state index contributed by atoms with van der Waals surface area (Å²) in [4.78, 5) is 13.0. The Labute approximate surface area is 205 Å². The van der Waals surface area contributed by atoms with E-state index in [0.29, 0.717) is 18.3 Å². The summed E-state index contributed by atoms with van der Waals surface area (Å²) in [6, 6.07) is 0. The summed E-state index contributed by atoms with van der Waals surface area (Å²) >= 11 is 0. The van der Waals surface area contributed by atoms with E-state index in [2.05, 4.69) is 46.8 Å². The number of allylic oxidation sites excluding steroid dienone is 1. The standard InChI is InChI=1S/C30H46O4/c1-24(2)15-21-29(16-23(24)33)14-13-28(6)27(5)11-7-19-25(3,10-9-22(32)26(19,4)17-31)20(27)8-12-30(21,28)34-18-29/h8,12,19-21,23,31,33H,7,9-11,13-18H2,1-6H3/t19-,20-,21-,23+,25+,26+,27-,28+,29+,30+/m1/s1. The Hall–Kier alpha value is -0.710. The minimum absolute atomic E-state index is 0.00861. The Kier molecular flexibility index (Phi) is 4.58. The Bertz CT molecular complexity index is 955. The molecule has 34 heavy (non-hydrogen) atoms. The molecule has 0 unspecified atom stereocenters. The number of ketones is 1. The van der Waals surface area contributed by atoms with Gasteiger partial charge in [-0.1, -0.05) is 53.7 Å². The summed E-state index contributed by atoms with van der Waals surface area (Å²) in [5.74, 6) is 1.32. The Morgan fingerprint density at radius 3 is 2.44 bits per heavy atom. The topological polar surface area (TPSA) is 66.8 Å². The minimum atomic E-state index is -0.618. The fourth-order valence-corrected chi connectivity index (χ4v) is 11.1. The summed E-state index contributed by atoms with van der Waals surface area (Å²) in [6.45, 7) is 14.7. The molecule has 5 fully saturated rings. The lowest BCUT2D eigenvalue weighted by molar-refractivity contribution is -0.238. The van der Waals surface area contributed by atoms with Crippen molar-refractivity contribution in [1.82, 2.24) is 0 Å². The molecule has 0 aromatic rings. The first kappa shape index (κ1) is 23.7. The second kappa shape index (κ2) is 6.58. The maximum atomic E-state index is 13.0. The molecule has 4 saturated carbocycles. The average molecular weight is 471 g/mol. The van der Waals surface area contributed by atoms with Crippen molar-refractivity contribution in [2.24, 2.45) is 50.2 Å². The molecule has 2 bridgehead atoms. The largest absolute Gasteiger partial charge is 0.395 e. The monoisotopic (exact) mass is 470 g/mol. The van der Waals surface area contributed by atoms with Crippen LogP contribution in [0.2, 0.25) is 0 Å². The van der Waals surface area contributed by atoms with Gasteiger partial charge in [-0.3, -0.25) is 4.79 Å². The van der Waals surface area contributed by atoms with Gasteiger partial charge in [-0.2, -0.15) is 0 Å². The quantitative estimate of drug-likeness (QED) is 0.510. The highest BCUT2D eigenvalue weighted by molar-refractivity contribution is 5.86. The van der Waals surface area contributed by atoms with Crippen molar-refractivity contribution in [3.8, 4) is 0 Å². The lowest BCUT2D eigenvalue weighted by Gasteiger charge is -2.72. The molecular weight excluding hydrogens is 424 g/mol. The van der Waals surface area contributed by atoms with Crippen LogP contribution in [0.5, 0.6) is 0 Å². The van der Waals surface area contributed by atoms with Gasteiger partial charge >= 0.3 is 0 Å². The zero-order chi connectivity index (χ0) is 24.6. The van der Waals surface area contributed by atoms with Gasteiger partial charge in [0.05, 0.1) is 30.3 Å². The second-order valence-electron chi connectivity index (χ2n) is 15.1. The van der Waals surface area contributed by atoms with Crippen molar-refractivity contribution >= 4 is 5.78 Å². The highest BCUT2D eigenvalue weighted by atomic mass is 16.5. The summed E-state index contributed by atoms with van der Waals surface area (Å²) in [6.07, 6.45) is 12.5. The third kappa shape index (κ3) is 2.36. The molecule has 6 aliphatic rings. The van der Waals surface area contributed by atoms with Crippen molar-refractivity contribution < 1.29 is 19.7 Å². The normalized spacial score (nSPS) is 59.6. The number of carbonyl (C=O) groups is 1. The number of aliphatic hydroxyl groups excluding tert-OH is 2. The molecule has 1 heterocycles. The van der Waals surface area contributed by atoms with Crippen molar-refractivity contribution in [3.63, 3.8) is 0 Å². The number of carbonyl (C=O) groups excluding carboxylic acids is 1. The molecule has 4 nitrogen and oxygen atoms in total. The van der Waals surface area contributed by atoms with Gasteiger partial charge in [0.1, 0.15) is 5.78 Å². The highest BCUT2D eigenvalue weighted by Crippen LogP contribution is 2.78. The maximum absolute atomic E-state index is 13.0. The molecule has 0 amide bonds. The number of rotatable bonds is 1. The van der Waals surface area contributed by atoms with E-state index in [1.54, 1.807) is 0 Å². The summed E-state index contributed by atoms with van der Waals surface area (Å²) in [5.41, 5.74) is -0.747. The highest BCUT2D eigenvalue weighted by Gasteiger charge is 2.77. The molecule has 190 valence electrons. The van der Waals surface area contributed by atoms with E-state index in [1.165, 1.54) is 0 Å². The number of Topliss-reactive ketones (excluding diaryl/α,β-unsaturated/α-hetero) is 1. The smallest absolute Gasteiger partial charge is 0.141 e. The first-order valence-electron chi connectivity index (χ1n) is 13.9. The van der Waals surface area contributed by atoms with E-state index in [4.69, 9.17) is 4.74 Å². The van der Waals surface area contributed by atoms with E-state index >= 15 is 0 Å². The van der Waals surface area contributed by atoms with Crippen molar-refractivity contribution in [2.75, 3.05) is 13.2 Å². The van der Waals surface area contributed by atoms with Crippen LogP contribution < -0.4 is 0 Å². The van der Waals surface area contributed by atoms with Gasteiger partial charge in [-0.15, -0.1) is 0 Å². The number of aliphatic hydroxyl groups is 2. The predicted molar refractivity (Wildman–Crippen MR) is 132 cm³/mol. The van der Waals surface area contributed by atoms with Crippen LogP contribution in [0, 0.1) is 50.2 Å². The Balaban J connectivity index is 1.48. The molecule has 6 rings (SSSR count). The molecular formula is C30H46O4. The molecule has 0 aromatic heterocycles. The average Bonchev–Trinajstić information content (AvgIpc) is 3.00. The molecule has 2 N–H and O–H groups in total. The molecule has 4 heteroatoms. The first-order valence-corrected chi connectivity index (χ1v) is 13.9. The van der Waals surface area contributed by atoms with Crippen molar-refractivity contribution in [2.45, 2.75) is 105 Å². The third-order valence-corrected chi connectivity index (χ3v) is 13.6. The van der Waals surface area contributed by atoms with E-state index in [1.807, 2.05) is 6.92 Å². The van der Waals surface area contributed by atoms with E-state index in [-0.39, 0.29) is 57.1 Å². The lowest BCUT2D eigenvalue weighted by Crippen LogP contribution is -2.71. The fraction of sp³-hybridized carbons (Fsp3) is 0.900. The van der Waals surface area contributed by atoms with E-state index in [0.717, 1.165) is 51.6 Å². The fourth-order valence-electron chi connectivity index (χ4n) is 11.1. The first-order chi connectivity index (χ1) is 15.7. The zero-order valence-electron chi connectivity index (χ0n) is 22.2. The minimum Gasteiger partial charge on any atom is -0.395 e. The van der Waals surface area contributed by atoms with Crippen LogP contribution in [0.25, 0.3) is 0 Å². The summed E-state index contributed by atoms with van der Waals surface area (Å²) in [5, 5.41) is 21.4. The van der Waals surface area contributed by atoms with Crippen LogP contribution in [0.4, 0.5) is 0 Å². The van der Waals surface area contributed by atoms with Gasteiger partial charge < -0.3 is 14.9 Å². The SMILES string of the molecule is CC1(C)C[C@@H]2[C@@]3(CC[C@]4(C)[C@@]2(C=C[C@@H]2[C@@]5(C)CCC(=O)[C@@](C)(CO)[C@@H]5CC[C@]24C)OC3)C[C@@H]1O. The third-order valence-electron chi connectivity index (χ3n) is 13.6. The maximum Gasteiger partial charge on any atom is 0.141 e. The molecule has 5 aliphatic carbocycles. The van der Waals surface area contributed by atoms with Gasteiger partial charge in [0, 0.05) is 23.2 Å². The van der Waals surface area contributed by atoms with Crippen molar-refractivity contribution in [1.29, 1.82) is 0 Å². The molecule has 0 radical (unpaired) electrons. The zero-order valence-corrected chi connectivity index (χ0v) is 22.2. The molecule has 0 aromatic carbocycles. The van der Waals surface area contributed by atoms with Gasteiger partial charge in [-0.25, -0.2) is 0 Å². The van der Waals surface area contributed by atoms with Gasteiger partial charge in [0.15, 0.2) is 0 Å². The van der Waals surface area contributed by atoms with Crippen LogP contribution in [0.1, 0.15) is 92.9 Å². The lowest BCUT2D eigenvalue weighted by atomic mass is 9.32. The van der Waals surface area contributed by atoms with Crippen LogP contribution >= 0.6 is 0 Å². The molecule has 10 atom stereocenters. The van der Waals surface area contributed by atoms with Gasteiger partial charge in [0.25, 0.3) is 0 Å². The van der Waals surface area contributed by atoms with Gasteiger partial charge in [0.2, 0.25) is 0 Å². The van der Waals surface area contributed by atoms with Crippen LogP contribution in [-0.4, -0.2) is 40.9 Å². The molecule has 1 spiro atoms. The second-order valence-corrected chi connectivity index (χ2v) is 15.1. The van der Waals surface area contributed by atoms with Gasteiger partial charge in [-0.05, 0) is 73.0 Å². The van der Waals surface area contributed by atoms with Crippen molar-refractivity contribution in [3.05, 3.63) is 12.2 Å². The Morgan fingerprint density at radius 1 is 1.00 bits per heavy atom. The summed E-state index contributed by atoms with van der Waals surface area (Å²) in [7, 11) is 0. The van der Waals surface area contributed by atoms with E-state index < -0.39 is 5.41 Å². The number of ether oxygens (including phenoxy) is 1. The van der Waals surface area contributed by atoms with Crippen LogP contribution in [-0.2, 0) is 9.53 Å². The predicted octanol–water partition coefficient (Wildman–Crippen LogP) is 5.31. The Morgan fingerprint density at radius 2 is 1.74 bits per heavy atom.